The average molecular weight is 403 g/mol. The number of carbonyl (C=O) groups excluding carboxylic acids is 2. The summed E-state index contributed by atoms with van der Waals surface area (Å²) in [6.45, 7) is -0.131. The van der Waals surface area contributed by atoms with Crippen LogP contribution >= 0.6 is 11.6 Å². The van der Waals surface area contributed by atoms with Gasteiger partial charge >= 0.3 is 0 Å². The predicted molar refractivity (Wildman–Crippen MR) is 102 cm³/mol. The highest BCUT2D eigenvalue weighted by Gasteiger charge is 2.14. The monoisotopic (exact) mass is 402 g/mol. The first kappa shape index (κ1) is 19.4. The fourth-order valence-electron chi connectivity index (χ4n) is 2.39. The van der Waals surface area contributed by atoms with E-state index in [-0.39, 0.29) is 29.8 Å². The number of halogens is 2. The van der Waals surface area contributed by atoms with Crippen molar-refractivity contribution in [2.45, 2.75) is 6.54 Å². The Kier molecular flexibility index (Phi) is 6.29. The summed E-state index contributed by atoms with van der Waals surface area (Å²) >= 11 is 5.86. The smallest absolute Gasteiger partial charge is 0.262 e. The number of amides is 2. The normalized spacial score (nSPS) is 10.4. The van der Waals surface area contributed by atoms with Crippen LogP contribution in [-0.4, -0.2) is 18.4 Å². The van der Waals surface area contributed by atoms with Gasteiger partial charge in [0.15, 0.2) is 6.61 Å². The van der Waals surface area contributed by atoms with Gasteiger partial charge in [-0.15, -0.1) is 0 Å². The summed E-state index contributed by atoms with van der Waals surface area (Å²) in [5.41, 5.74) is 0.625. The maximum atomic E-state index is 13.0. The summed E-state index contributed by atoms with van der Waals surface area (Å²) in [6.07, 6.45) is 1.52. The van der Waals surface area contributed by atoms with Gasteiger partial charge in [-0.05, 0) is 42.5 Å². The van der Waals surface area contributed by atoms with Gasteiger partial charge in [0, 0.05) is 0 Å². The van der Waals surface area contributed by atoms with Crippen LogP contribution in [0.4, 0.5) is 10.1 Å². The van der Waals surface area contributed by atoms with Gasteiger partial charge in [-0.3, -0.25) is 9.59 Å². The molecule has 144 valence electrons. The molecule has 0 saturated heterocycles. The van der Waals surface area contributed by atoms with Crippen molar-refractivity contribution in [3.63, 3.8) is 0 Å². The molecule has 8 heteroatoms. The molecule has 3 aromatic rings. The van der Waals surface area contributed by atoms with Gasteiger partial charge in [-0.2, -0.15) is 0 Å². The van der Waals surface area contributed by atoms with Gasteiger partial charge < -0.3 is 19.8 Å². The van der Waals surface area contributed by atoms with Crippen LogP contribution in [0.1, 0.15) is 16.1 Å². The first-order valence-corrected chi connectivity index (χ1v) is 8.68. The highest BCUT2D eigenvalue weighted by Crippen LogP contribution is 2.25. The summed E-state index contributed by atoms with van der Waals surface area (Å²) < 4.78 is 23.5. The van der Waals surface area contributed by atoms with Crippen molar-refractivity contribution in [3.8, 4) is 5.75 Å². The zero-order valence-electron chi connectivity index (χ0n) is 14.6. The number of furan rings is 1. The number of benzene rings is 2. The zero-order valence-corrected chi connectivity index (χ0v) is 15.3. The van der Waals surface area contributed by atoms with Crippen LogP contribution in [0.2, 0.25) is 5.02 Å². The molecule has 0 radical (unpaired) electrons. The van der Waals surface area contributed by atoms with Crippen LogP contribution in [0.5, 0.6) is 5.75 Å². The van der Waals surface area contributed by atoms with Crippen molar-refractivity contribution in [3.05, 3.63) is 83.0 Å². The van der Waals surface area contributed by atoms with E-state index in [9.17, 15) is 14.0 Å². The summed E-state index contributed by atoms with van der Waals surface area (Å²) in [5.74, 6) is -0.570. The van der Waals surface area contributed by atoms with Crippen molar-refractivity contribution >= 4 is 29.1 Å². The Morgan fingerprint density at radius 3 is 2.68 bits per heavy atom. The highest BCUT2D eigenvalue weighted by molar-refractivity contribution is 6.32. The molecular weight excluding hydrogens is 387 g/mol. The zero-order chi connectivity index (χ0) is 19.9. The topological polar surface area (TPSA) is 80.6 Å². The maximum Gasteiger partial charge on any atom is 0.262 e. The molecule has 0 aliphatic carbocycles. The van der Waals surface area contributed by atoms with Crippen LogP contribution in [0, 0.1) is 5.82 Å². The molecule has 2 amide bonds. The lowest BCUT2D eigenvalue weighted by molar-refractivity contribution is -0.118. The number of para-hydroxylation sites is 1. The van der Waals surface area contributed by atoms with Gasteiger partial charge in [0.25, 0.3) is 11.8 Å². The molecule has 0 aliphatic heterocycles. The summed E-state index contributed by atoms with van der Waals surface area (Å²) in [7, 11) is 0. The Labute approximate surface area is 165 Å². The SMILES string of the molecule is O=C(COc1ccc(F)cc1Cl)Nc1ccccc1C(=O)NCc1ccco1. The lowest BCUT2D eigenvalue weighted by atomic mass is 10.1. The van der Waals surface area contributed by atoms with Gasteiger partial charge in [0.1, 0.15) is 17.3 Å². The van der Waals surface area contributed by atoms with Gasteiger partial charge in [-0.1, -0.05) is 23.7 Å². The van der Waals surface area contributed by atoms with Gasteiger partial charge in [-0.25, -0.2) is 4.39 Å². The molecule has 1 heterocycles. The second-order valence-corrected chi connectivity index (χ2v) is 6.13. The number of anilines is 1. The molecular formula is C20H16ClFN2O4. The molecule has 0 bridgehead atoms. The molecule has 2 aromatic carbocycles. The van der Waals surface area contributed by atoms with Crippen molar-refractivity contribution < 1.29 is 23.1 Å². The van der Waals surface area contributed by atoms with Crippen LogP contribution in [0.25, 0.3) is 0 Å². The quantitative estimate of drug-likeness (QED) is 0.625. The Bertz CT molecular complexity index is 976. The molecule has 6 nitrogen and oxygen atoms in total. The Morgan fingerprint density at radius 2 is 1.93 bits per heavy atom. The molecule has 0 spiro atoms. The molecule has 2 N–H and O–H groups in total. The predicted octanol–water partition coefficient (Wildman–Crippen LogP) is 4.02. The number of hydrogen-bond acceptors (Lipinski definition) is 4. The lowest BCUT2D eigenvalue weighted by Crippen LogP contribution is -2.26. The van der Waals surface area contributed by atoms with E-state index in [1.165, 1.54) is 18.4 Å². The second-order valence-electron chi connectivity index (χ2n) is 5.72. The van der Waals surface area contributed by atoms with Crippen molar-refractivity contribution in [1.82, 2.24) is 5.32 Å². The largest absolute Gasteiger partial charge is 0.482 e. The van der Waals surface area contributed by atoms with E-state index in [0.717, 1.165) is 6.07 Å². The Morgan fingerprint density at radius 1 is 1.11 bits per heavy atom. The van der Waals surface area contributed by atoms with Gasteiger partial charge in [0.2, 0.25) is 0 Å². The number of ether oxygens (including phenoxy) is 1. The van der Waals surface area contributed by atoms with E-state index in [4.69, 9.17) is 20.8 Å². The Balaban J connectivity index is 1.60. The van der Waals surface area contributed by atoms with E-state index in [2.05, 4.69) is 10.6 Å². The molecule has 0 saturated carbocycles. The minimum absolute atomic E-state index is 0.0607. The summed E-state index contributed by atoms with van der Waals surface area (Å²) in [5, 5.41) is 5.40. The standard InChI is InChI=1S/C20H16ClFN2O4/c21-16-10-13(22)7-8-18(16)28-12-19(25)24-17-6-2-1-5-15(17)20(26)23-11-14-4-3-9-27-14/h1-10H,11-12H2,(H,23,26)(H,24,25). The summed E-state index contributed by atoms with van der Waals surface area (Å²) in [6, 6.07) is 13.6. The Hall–Kier alpha value is -3.32. The van der Waals surface area contributed by atoms with E-state index in [1.807, 2.05) is 0 Å². The molecule has 0 aliphatic rings. The van der Waals surface area contributed by atoms with Crippen molar-refractivity contribution in [1.29, 1.82) is 0 Å². The molecule has 0 fully saturated rings. The molecule has 3 rings (SSSR count). The fourth-order valence-corrected chi connectivity index (χ4v) is 2.61. The van der Waals surface area contributed by atoms with Crippen LogP contribution in [0.3, 0.4) is 0 Å². The molecule has 1 aromatic heterocycles. The third-order valence-electron chi connectivity index (χ3n) is 3.70. The lowest BCUT2D eigenvalue weighted by Gasteiger charge is -2.12. The minimum Gasteiger partial charge on any atom is -0.482 e. The van der Waals surface area contributed by atoms with Crippen molar-refractivity contribution in [2.24, 2.45) is 0 Å². The first-order chi connectivity index (χ1) is 13.5. The van der Waals surface area contributed by atoms with E-state index >= 15 is 0 Å². The van der Waals surface area contributed by atoms with Crippen LogP contribution in [0.15, 0.2) is 65.3 Å². The molecule has 28 heavy (non-hydrogen) atoms. The van der Waals surface area contributed by atoms with E-state index < -0.39 is 11.7 Å². The molecule has 0 atom stereocenters. The number of hydrogen-bond donors (Lipinski definition) is 2. The maximum absolute atomic E-state index is 13.0. The third kappa shape index (κ3) is 5.11. The summed E-state index contributed by atoms with van der Waals surface area (Å²) in [4.78, 5) is 24.6. The molecule has 0 unspecified atom stereocenters. The van der Waals surface area contributed by atoms with E-state index in [0.29, 0.717) is 17.0 Å². The van der Waals surface area contributed by atoms with Crippen LogP contribution in [-0.2, 0) is 11.3 Å². The average Bonchev–Trinajstić information content (AvgIpc) is 3.19. The van der Waals surface area contributed by atoms with Crippen molar-refractivity contribution in [2.75, 3.05) is 11.9 Å². The number of rotatable bonds is 7. The number of carbonyl (C=O) groups is 2. The fraction of sp³-hybridized carbons (Fsp3) is 0.100. The minimum atomic E-state index is -0.503. The highest BCUT2D eigenvalue weighted by atomic mass is 35.5. The van der Waals surface area contributed by atoms with Gasteiger partial charge in [0.05, 0.1) is 29.1 Å². The van der Waals surface area contributed by atoms with E-state index in [1.54, 1.807) is 36.4 Å². The third-order valence-corrected chi connectivity index (χ3v) is 4.00. The number of nitrogens with one attached hydrogen (secondary N) is 2. The van der Waals surface area contributed by atoms with Crippen LogP contribution < -0.4 is 15.4 Å². The first-order valence-electron chi connectivity index (χ1n) is 8.30. The second kappa shape index (κ2) is 9.05.